The molecule has 124 valence electrons. The number of hydrogen-bond donors (Lipinski definition) is 1. The molecule has 0 bridgehead atoms. The lowest BCUT2D eigenvalue weighted by Crippen LogP contribution is -2.35. The van der Waals surface area contributed by atoms with Crippen LogP contribution in [0.25, 0.3) is 0 Å². The van der Waals surface area contributed by atoms with Crippen molar-refractivity contribution < 1.29 is 0 Å². The van der Waals surface area contributed by atoms with Crippen LogP contribution < -0.4 is 10.6 Å². The molecule has 1 atom stereocenters. The Morgan fingerprint density at radius 3 is 2.88 bits per heavy atom. The lowest BCUT2D eigenvalue weighted by molar-refractivity contribution is 0.504. The quantitative estimate of drug-likeness (QED) is 0.908. The van der Waals surface area contributed by atoms with Crippen LogP contribution in [0.1, 0.15) is 52.7 Å². The predicted molar refractivity (Wildman–Crippen MR) is 96.3 cm³/mol. The predicted octanol–water partition coefficient (Wildman–Crippen LogP) is 3.25. The molecule has 4 rings (SSSR count). The molecule has 0 unspecified atom stereocenters. The largest absolute Gasteiger partial charge is 0.383 e. The van der Waals surface area contributed by atoms with Crippen LogP contribution in [0.3, 0.4) is 0 Å². The number of aromatic nitrogens is 2. The maximum Gasteiger partial charge on any atom is 0.143 e. The van der Waals surface area contributed by atoms with Gasteiger partial charge >= 0.3 is 0 Å². The zero-order chi connectivity index (χ0) is 16.5. The number of nitrogens with zero attached hydrogens (tertiary/aromatic N) is 4. The minimum absolute atomic E-state index is 0.321. The average molecular weight is 339 g/mol. The van der Waals surface area contributed by atoms with E-state index in [0.29, 0.717) is 17.3 Å². The molecule has 0 saturated carbocycles. The van der Waals surface area contributed by atoms with Gasteiger partial charge in [-0.1, -0.05) is 0 Å². The average Bonchev–Trinajstić information content (AvgIpc) is 3.06. The second-order valence-electron chi connectivity index (χ2n) is 6.63. The van der Waals surface area contributed by atoms with Crippen LogP contribution >= 0.6 is 11.3 Å². The minimum atomic E-state index is 0.321. The number of pyridine rings is 1. The van der Waals surface area contributed by atoms with Crippen molar-refractivity contribution in [3.8, 4) is 6.07 Å². The number of anilines is 2. The normalized spacial score (nSPS) is 20.5. The van der Waals surface area contributed by atoms with E-state index in [1.807, 2.05) is 17.4 Å². The molecule has 24 heavy (non-hydrogen) atoms. The first-order chi connectivity index (χ1) is 11.7. The van der Waals surface area contributed by atoms with E-state index < -0.39 is 0 Å². The molecule has 6 heteroatoms. The summed E-state index contributed by atoms with van der Waals surface area (Å²) in [4.78, 5) is 13.2. The Balaban J connectivity index is 1.54. The summed E-state index contributed by atoms with van der Waals surface area (Å²) in [6.45, 7) is 1.92. The molecule has 0 aromatic carbocycles. The summed E-state index contributed by atoms with van der Waals surface area (Å²) in [5, 5.41) is 10.3. The van der Waals surface area contributed by atoms with Crippen LogP contribution in [0, 0.1) is 11.3 Å². The molecule has 2 aromatic heterocycles. The van der Waals surface area contributed by atoms with Crippen molar-refractivity contribution in [2.75, 3.05) is 23.7 Å². The summed E-state index contributed by atoms with van der Waals surface area (Å²) in [5.74, 6) is 1.67. The molecule has 1 saturated heterocycles. The van der Waals surface area contributed by atoms with Gasteiger partial charge in [-0.15, -0.1) is 11.3 Å². The van der Waals surface area contributed by atoms with Crippen molar-refractivity contribution in [1.82, 2.24) is 9.97 Å². The highest BCUT2D eigenvalue weighted by Crippen LogP contribution is 2.35. The molecular formula is C18H21N5S. The third kappa shape index (κ3) is 2.84. The van der Waals surface area contributed by atoms with Gasteiger partial charge in [0.25, 0.3) is 0 Å². The first-order valence-corrected chi connectivity index (χ1v) is 9.46. The van der Waals surface area contributed by atoms with Crippen molar-refractivity contribution in [2.24, 2.45) is 0 Å². The van der Waals surface area contributed by atoms with Gasteiger partial charge in [-0.2, -0.15) is 5.26 Å². The first-order valence-electron chi connectivity index (χ1n) is 8.64. The Hall–Kier alpha value is -2.13. The highest BCUT2D eigenvalue weighted by molar-refractivity contribution is 7.11. The molecule has 2 aromatic rings. The first kappa shape index (κ1) is 15.4. The van der Waals surface area contributed by atoms with E-state index >= 15 is 0 Å². The van der Waals surface area contributed by atoms with Crippen LogP contribution in [0.2, 0.25) is 0 Å². The Morgan fingerprint density at radius 2 is 2.08 bits per heavy atom. The van der Waals surface area contributed by atoms with Gasteiger partial charge in [0.05, 0.1) is 16.3 Å². The number of nitrogen functional groups attached to an aromatic ring is 1. The molecule has 5 nitrogen and oxygen atoms in total. The second kappa shape index (κ2) is 6.40. The molecule has 0 amide bonds. The lowest BCUT2D eigenvalue weighted by Gasteiger charge is -2.32. The fraction of sp³-hybridized carbons (Fsp3) is 0.500. The molecule has 0 radical (unpaired) electrons. The summed E-state index contributed by atoms with van der Waals surface area (Å²) >= 11 is 1.92. The van der Waals surface area contributed by atoms with Gasteiger partial charge in [0, 0.05) is 23.9 Å². The van der Waals surface area contributed by atoms with Gasteiger partial charge in [-0.3, -0.25) is 0 Å². The summed E-state index contributed by atoms with van der Waals surface area (Å²) in [7, 11) is 0. The SMILES string of the molecule is N#Cc1ccc(N2CCC[C@H](c3nc4c(s3)CCCC4)C2)nc1N. The van der Waals surface area contributed by atoms with Gasteiger partial charge in [0.1, 0.15) is 17.7 Å². The highest BCUT2D eigenvalue weighted by Gasteiger charge is 2.27. The third-order valence-corrected chi connectivity index (χ3v) is 6.31. The minimum Gasteiger partial charge on any atom is -0.383 e. The Bertz CT molecular complexity index is 768. The van der Waals surface area contributed by atoms with Gasteiger partial charge in [0.15, 0.2) is 0 Å². The maximum atomic E-state index is 9.00. The van der Waals surface area contributed by atoms with E-state index in [-0.39, 0.29) is 0 Å². The summed E-state index contributed by atoms with van der Waals surface area (Å²) < 4.78 is 0. The number of aryl methyl sites for hydroxylation is 2. The number of nitriles is 1. The summed E-state index contributed by atoms with van der Waals surface area (Å²) in [6.07, 6.45) is 7.26. The van der Waals surface area contributed by atoms with Crippen LogP contribution in [-0.4, -0.2) is 23.1 Å². The van der Waals surface area contributed by atoms with E-state index in [0.717, 1.165) is 31.7 Å². The van der Waals surface area contributed by atoms with Gasteiger partial charge in [-0.05, 0) is 50.7 Å². The number of nitrogens with two attached hydrogens (primary N) is 1. The number of piperidine rings is 1. The zero-order valence-corrected chi connectivity index (χ0v) is 14.5. The maximum absolute atomic E-state index is 9.00. The van der Waals surface area contributed by atoms with Crippen LogP contribution in [0.15, 0.2) is 12.1 Å². The molecule has 2 N–H and O–H groups in total. The molecule has 1 aliphatic heterocycles. The fourth-order valence-electron chi connectivity index (χ4n) is 3.67. The van der Waals surface area contributed by atoms with Crippen molar-refractivity contribution in [3.63, 3.8) is 0 Å². The van der Waals surface area contributed by atoms with E-state index in [9.17, 15) is 0 Å². The number of hydrogen-bond acceptors (Lipinski definition) is 6. The zero-order valence-electron chi connectivity index (χ0n) is 13.7. The van der Waals surface area contributed by atoms with Crippen molar-refractivity contribution in [1.29, 1.82) is 5.26 Å². The smallest absolute Gasteiger partial charge is 0.143 e. The summed E-state index contributed by atoms with van der Waals surface area (Å²) in [6, 6.07) is 5.75. The molecule has 3 heterocycles. The van der Waals surface area contributed by atoms with E-state index in [4.69, 9.17) is 16.0 Å². The Morgan fingerprint density at radius 1 is 1.21 bits per heavy atom. The Kier molecular flexibility index (Phi) is 4.11. The monoisotopic (exact) mass is 339 g/mol. The number of thiazole rings is 1. The van der Waals surface area contributed by atoms with Crippen LogP contribution in [0.4, 0.5) is 11.6 Å². The Labute approximate surface area is 146 Å². The third-order valence-electron chi connectivity index (χ3n) is 4.99. The van der Waals surface area contributed by atoms with Gasteiger partial charge in [-0.25, -0.2) is 9.97 Å². The van der Waals surface area contributed by atoms with Crippen LogP contribution in [-0.2, 0) is 12.8 Å². The van der Waals surface area contributed by atoms with E-state index in [1.165, 1.54) is 41.3 Å². The van der Waals surface area contributed by atoms with Crippen LogP contribution in [0.5, 0.6) is 0 Å². The molecule has 1 aliphatic carbocycles. The van der Waals surface area contributed by atoms with Gasteiger partial charge in [0.2, 0.25) is 0 Å². The molecule has 0 spiro atoms. The van der Waals surface area contributed by atoms with Crippen molar-refractivity contribution in [2.45, 2.75) is 44.4 Å². The molecule has 1 fully saturated rings. The second-order valence-corrected chi connectivity index (χ2v) is 7.74. The fourth-order valence-corrected chi connectivity index (χ4v) is 4.95. The molecule has 2 aliphatic rings. The van der Waals surface area contributed by atoms with Crippen molar-refractivity contribution >= 4 is 23.0 Å². The van der Waals surface area contributed by atoms with E-state index in [2.05, 4.69) is 16.0 Å². The highest BCUT2D eigenvalue weighted by atomic mass is 32.1. The van der Waals surface area contributed by atoms with Crippen molar-refractivity contribution in [3.05, 3.63) is 33.3 Å². The number of rotatable bonds is 2. The van der Waals surface area contributed by atoms with E-state index in [1.54, 1.807) is 6.07 Å². The number of fused-ring (bicyclic) bond motifs is 1. The summed E-state index contributed by atoms with van der Waals surface area (Å²) in [5.41, 5.74) is 7.67. The lowest BCUT2D eigenvalue weighted by atomic mass is 9.98. The molecular weight excluding hydrogens is 318 g/mol. The van der Waals surface area contributed by atoms with Gasteiger partial charge < -0.3 is 10.6 Å². The topological polar surface area (TPSA) is 78.8 Å². The standard InChI is InChI=1S/C18H21N5S/c19-10-12-7-8-16(22-17(12)20)23-9-3-4-13(11-23)18-21-14-5-1-2-6-15(14)24-18/h7-8,13H,1-6,9,11H2,(H2,20,22)/t13-/m0/s1.